The summed E-state index contributed by atoms with van der Waals surface area (Å²) < 4.78 is 70.1. The third-order valence-electron chi connectivity index (χ3n) is 7.46. The molecule has 1 atom stereocenters. The first kappa shape index (κ1) is 32.5. The molecular formula is C31H33BrF3N3O4S. The second-order valence-corrected chi connectivity index (χ2v) is 13.5. The van der Waals surface area contributed by atoms with Gasteiger partial charge in [-0.15, -0.1) is 0 Å². The van der Waals surface area contributed by atoms with Gasteiger partial charge in [0.05, 0.1) is 16.1 Å². The molecule has 3 aromatic carbocycles. The van der Waals surface area contributed by atoms with Gasteiger partial charge in [0, 0.05) is 17.1 Å². The van der Waals surface area contributed by atoms with Gasteiger partial charge in [0.15, 0.2) is 0 Å². The van der Waals surface area contributed by atoms with Gasteiger partial charge in [-0.05, 0) is 74.7 Å². The third kappa shape index (κ3) is 8.17. The van der Waals surface area contributed by atoms with Gasteiger partial charge >= 0.3 is 6.18 Å². The number of nitrogens with zero attached hydrogens (tertiary/aromatic N) is 2. The van der Waals surface area contributed by atoms with Crippen molar-refractivity contribution < 1.29 is 31.2 Å². The van der Waals surface area contributed by atoms with Gasteiger partial charge in [0.2, 0.25) is 11.8 Å². The molecule has 0 saturated heterocycles. The summed E-state index contributed by atoms with van der Waals surface area (Å²) in [6.45, 7) is 2.47. The zero-order valence-corrected chi connectivity index (χ0v) is 26.2. The van der Waals surface area contributed by atoms with E-state index in [0.717, 1.165) is 47.9 Å². The number of nitrogens with one attached hydrogen (secondary N) is 1. The van der Waals surface area contributed by atoms with Crippen molar-refractivity contribution in [2.45, 2.75) is 69.2 Å². The predicted octanol–water partition coefficient (Wildman–Crippen LogP) is 6.45. The highest BCUT2D eigenvalue weighted by atomic mass is 79.9. The van der Waals surface area contributed by atoms with Crippen LogP contribution in [0.25, 0.3) is 0 Å². The topological polar surface area (TPSA) is 86.8 Å². The van der Waals surface area contributed by atoms with E-state index in [1.165, 1.54) is 23.1 Å². The minimum atomic E-state index is -4.74. The van der Waals surface area contributed by atoms with Crippen LogP contribution in [0.5, 0.6) is 0 Å². The van der Waals surface area contributed by atoms with Gasteiger partial charge in [-0.1, -0.05) is 64.7 Å². The molecule has 2 amide bonds. The van der Waals surface area contributed by atoms with Crippen molar-refractivity contribution in [1.82, 2.24) is 10.2 Å². The number of hydrogen-bond donors (Lipinski definition) is 1. The molecule has 1 fully saturated rings. The summed E-state index contributed by atoms with van der Waals surface area (Å²) in [5.41, 5.74) is 0.0734. The standard InChI is InChI=1S/C31H33BrF3N3O4S/c1-21-13-15-28(16-14-21)43(41,42)38(27-12-6-8-24(18-27)31(33,34)35)20-29(39)37(19-23-7-5-9-25(32)17-23)22(2)30(40)36-26-10-3-4-11-26/h5-9,12-18,22,26H,3-4,10-11,19-20H2,1-2H3,(H,36,40)/t22-/m1/s1. The van der Waals surface area contributed by atoms with E-state index in [1.807, 2.05) is 0 Å². The predicted molar refractivity (Wildman–Crippen MR) is 162 cm³/mol. The van der Waals surface area contributed by atoms with Gasteiger partial charge in [-0.2, -0.15) is 13.2 Å². The van der Waals surface area contributed by atoms with Crippen molar-refractivity contribution in [2.24, 2.45) is 0 Å². The molecule has 0 heterocycles. The van der Waals surface area contributed by atoms with E-state index < -0.39 is 40.3 Å². The monoisotopic (exact) mass is 679 g/mol. The zero-order chi connectivity index (χ0) is 31.4. The Bertz CT molecular complexity index is 1560. The van der Waals surface area contributed by atoms with Gasteiger partial charge in [0.25, 0.3) is 10.0 Å². The van der Waals surface area contributed by atoms with Crippen LogP contribution >= 0.6 is 15.9 Å². The first-order chi connectivity index (χ1) is 20.3. The number of rotatable bonds is 10. The lowest BCUT2D eigenvalue weighted by Crippen LogP contribution is -2.52. The smallest absolute Gasteiger partial charge is 0.352 e. The van der Waals surface area contributed by atoms with E-state index in [4.69, 9.17) is 0 Å². The first-order valence-electron chi connectivity index (χ1n) is 13.9. The molecule has 0 bridgehead atoms. The van der Waals surface area contributed by atoms with Crippen molar-refractivity contribution in [3.8, 4) is 0 Å². The molecule has 230 valence electrons. The molecule has 0 aromatic heterocycles. The van der Waals surface area contributed by atoms with Crippen LogP contribution in [-0.2, 0) is 32.3 Å². The molecule has 0 spiro atoms. The van der Waals surface area contributed by atoms with Crippen LogP contribution in [0.15, 0.2) is 82.2 Å². The Morgan fingerprint density at radius 3 is 2.28 bits per heavy atom. The Kier molecular flexibility index (Phi) is 10.2. The molecule has 7 nitrogen and oxygen atoms in total. The molecule has 1 aliphatic rings. The maximum Gasteiger partial charge on any atom is 0.416 e. The SMILES string of the molecule is Cc1ccc(S(=O)(=O)N(CC(=O)N(Cc2cccc(Br)c2)[C@H](C)C(=O)NC2CCCC2)c2cccc(C(F)(F)F)c2)cc1. The van der Waals surface area contributed by atoms with Gasteiger partial charge in [-0.25, -0.2) is 8.42 Å². The van der Waals surface area contributed by atoms with Gasteiger partial charge in [0.1, 0.15) is 12.6 Å². The summed E-state index contributed by atoms with van der Waals surface area (Å²) in [7, 11) is -4.50. The highest BCUT2D eigenvalue weighted by Gasteiger charge is 2.35. The van der Waals surface area contributed by atoms with E-state index in [-0.39, 0.29) is 29.1 Å². The summed E-state index contributed by atoms with van der Waals surface area (Å²) in [6, 6.07) is 15.7. The summed E-state index contributed by atoms with van der Waals surface area (Å²) in [5, 5.41) is 2.98. The van der Waals surface area contributed by atoms with Crippen molar-refractivity contribution >= 4 is 43.5 Å². The molecule has 0 unspecified atom stereocenters. The van der Waals surface area contributed by atoms with Crippen LogP contribution < -0.4 is 9.62 Å². The highest BCUT2D eigenvalue weighted by molar-refractivity contribution is 9.10. The van der Waals surface area contributed by atoms with E-state index in [2.05, 4.69) is 21.2 Å². The van der Waals surface area contributed by atoms with Crippen LogP contribution in [0.1, 0.15) is 49.3 Å². The Morgan fingerprint density at radius 1 is 1.00 bits per heavy atom. The van der Waals surface area contributed by atoms with Crippen LogP contribution in [0.2, 0.25) is 0 Å². The first-order valence-corrected chi connectivity index (χ1v) is 16.1. The molecule has 1 aliphatic carbocycles. The quantitative estimate of drug-likeness (QED) is 0.267. The molecular weight excluding hydrogens is 647 g/mol. The van der Waals surface area contributed by atoms with Crippen molar-refractivity contribution in [3.63, 3.8) is 0 Å². The van der Waals surface area contributed by atoms with Crippen molar-refractivity contribution in [3.05, 3.63) is 94.0 Å². The summed E-state index contributed by atoms with van der Waals surface area (Å²) in [6.07, 6.45) is -1.10. The normalized spacial score (nSPS) is 14.7. The van der Waals surface area contributed by atoms with E-state index in [1.54, 1.807) is 50.2 Å². The second kappa shape index (κ2) is 13.5. The van der Waals surface area contributed by atoms with Crippen molar-refractivity contribution in [2.75, 3.05) is 10.8 Å². The second-order valence-electron chi connectivity index (χ2n) is 10.7. The number of hydrogen-bond acceptors (Lipinski definition) is 4. The Hall–Kier alpha value is -3.38. The molecule has 43 heavy (non-hydrogen) atoms. The van der Waals surface area contributed by atoms with E-state index in [9.17, 15) is 31.2 Å². The van der Waals surface area contributed by atoms with Crippen LogP contribution in [0.3, 0.4) is 0 Å². The number of aryl methyl sites for hydroxylation is 1. The van der Waals surface area contributed by atoms with Crippen LogP contribution in [-0.4, -0.2) is 43.8 Å². The number of carbonyl (C=O) groups excluding carboxylic acids is 2. The molecule has 1 saturated carbocycles. The number of anilines is 1. The van der Waals surface area contributed by atoms with E-state index in [0.29, 0.717) is 15.9 Å². The van der Waals surface area contributed by atoms with Gasteiger partial charge in [-0.3, -0.25) is 13.9 Å². The molecule has 3 aromatic rings. The largest absolute Gasteiger partial charge is 0.416 e. The molecule has 0 aliphatic heterocycles. The summed E-state index contributed by atoms with van der Waals surface area (Å²) in [5.74, 6) is -1.13. The molecule has 0 radical (unpaired) electrons. The lowest BCUT2D eigenvalue weighted by molar-refractivity contribution is -0.139. The fourth-order valence-corrected chi connectivity index (χ4v) is 6.86. The minimum Gasteiger partial charge on any atom is -0.352 e. The number of halogens is 4. The minimum absolute atomic E-state index is 0.0127. The highest BCUT2D eigenvalue weighted by Crippen LogP contribution is 2.33. The fraction of sp³-hybridized carbons (Fsp3) is 0.355. The Labute approximate surface area is 258 Å². The summed E-state index contributed by atoms with van der Waals surface area (Å²) in [4.78, 5) is 28.4. The lowest BCUT2D eigenvalue weighted by atomic mass is 10.1. The number of carbonyl (C=O) groups is 2. The van der Waals surface area contributed by atoms with Crippen LogP contribution in [0, 0.1) is 6.92 Å². The summed E-state index contributed by atoms with van der Waals surface area (Å²) >= 11 is 3.40. The maximum atomic E-state index is 14.0. The number of sulfonamides is 1. The fourth-order valence-electron chi connectivity index (χ4n) is 5.01. The maximum absolute atomic E-state index is 14.0. The zero-order valence-electron chi connectivity index (χ0n) is 23.8. The van der Waals surface area contributed by atoms with E-state index >= 15 is 0 Å². The average molecular weight is 681 g/mol. The Morgan fingerprint density at radius 2 is 1.65 bits per heavy atom. The van der Waals surface area contributed by atoms with Gasteiger partial charge < -0.3 is 10.2 Å². The molecule has 4 rings (SSSR count). The van der Waals surface area contributed by atoms with Crippen LogP contribution in [0.4, 0.5) is 18.9 Å². The molecule has 1 N–H and O–H groups in total. The average Bonchev–Trinajstić information content (AvgIpc) is 3.47. The third-order valence-corrected chi connectivity index (χ3v) is 9.74. The lowest BCUT2D eigenvalue weighted by Gasteiger charge is -2.32. The van der Waals surface area contributed by atoms with Crippen molar-refractivity contribution in [1.29, 1.82) is 0 Å². The number of alkyl halides is 3. The number of amides is 2. The number of benzene rings is 3. The Balaban J connectivity index is 1.73. The molecule has 12 heteroatoms.